The molecule has 0 unspecified atom stereocenters. The van der Waals surface area contributed by atoms with Crippen LogP contribution in [0.15, 0.2) is 24.3 Å². The third kappa shape index (κ3) is 4.01. The van der Waals surface area contributed by atoms with Gasteiger partial charge in [0.1, 0.15) is 5.82 Å². The zero-order valence-electron chi connectivity index (χ0n) is 7.50. The van der Waals surface area contributed by atoms with Crippen LogP contribution in [0.5, 0.6) is 0 Å². The molecule has 0 radical (unpaired) electrons. The molecule has 1 rings (SSSR count). The van der Waals surface area contributed by atoms with Gasteiger partial charge in [-0.25, -0.2) is 10.3 Å². The first-order chi connectivity index (χ1) is 6.33. The van der Waals surface area contributed by atoms with Crippen molar-refractivity contribution in [2.75, 3.05) is 6.61 Å². The molecule has 13 heavy (non-hydrogen) atoms. The van der Waals surface area contributed by atoms with E-state index in [1.165, 1.54) is 12.1 Å². The Morgan fingerprint density at radius 3 is 2.46 bits per heavy atom. The summed E-state index contributed by atoms with van der Waals surface area (Å²) in [4.78, 5) is 4.44. The zero-order valence-corrected chi connectivity index (χ0v) is 7.50. The summed E-state index contributed by atoms with van der Waals surface area (Å²) in [6.45, 7) is 0.585. The molecule has 0 heterocycles. The maximum atomic E-state index is 12.5. The summed E-state index contributed by atoms with van der Waals surface area (Å²) < 4.78 is 12.5. The molecule has 3 heteroatoms. The Balaban J connectivity index is 2.25. The highest BCUT2D eigenvalue weighted by atomic mass is 19.1. The fourth-order valence-electron chi connectivity index (χ4n) is 1.17. The SMILES string of the molecule is NOCCCCc1ccc(F)cc1. The van der Waals surface area contributed by atoms with Gasteiger partial charge in [-0.3, -0.25) is 0 Å². The molecule has 0 saturated heterocycles. The van der Waals surface area contributed by atoms with Crippen LogP contribution < -0.4 is 5.90 Å². The quantitative estimate of drug-likeness (QED) is 0.560. The van der Waals surface area contributed by atoms with Gasteiger partial charge in [0.15, 0.2) is 0 Å². The standard InChI is InChI=1S/C10H14FNO/c11-10-6-4-9(5-7-10)3-1-2-8-13-12/h4-7H,1-3,8,12H2. The minimum absolute atomic E-state index is 0.186. The minimum Gasteiger partial charge on any atom is -0.305 e. The molecule has 0 aliphatic rings. The Hall–Kier alpha value is -0.930. The summed E-state index contributed by atoms with van der Waals surface area (Å²) in [7, 11) is 0. The van der Waals surface area contributed by atoms with Gasteiger partial charge in [0.2, 0.25) is 0 Å². The Morgan fingerprint density at radius 2 is 1.85 bits per heavy atom. The van der Waals surface area contributed by atoms with Crippen molar-refractivity contribution in [1.82, 2.24) is 0 Å². The lowest BCUT2D eigenvalue weighted by Gasteiger charge is -2.00. The van der Waals surface area contributed by atoms with E-state index in [0.29, 0.717) is 6.61 Å². The van der Waals surface area contributed by atoms with Crippen LogP contribution in [0.25, 0.3) is 0 Å². The molecule has 0 amide bonds. The van der Waals surface area contributed by atoms with Crippen LogP contribution in [0.3, 0.4) is 0 Å². The number of halogens is 1. The highest BCUT2D eigenvalue weighted by molar-refractivity contribution is 5.15. The molecule has 0 aliphatic heterocycles. The molecule has 0 fully saturated rings. The summed E-state index contributed by atoms with van der Waals surface area (Å²) in [6, 6.07) is 6.57. The number of nitrogens with two attached hydrogens (primary N) is 1. The molecule has 1 aromatic carbocycles. The molecular weight excluding hydrogens is 169 g/mol. The maximum absolute atomic E-state index is 12.5. The second-order valence-corrected chi connectivity index (χ2v) is 2.95. The number of unbranched alkanes of at least 4 members (excludes halogenated alkanes) is 1. The fraction of sp³-hybridized carbons (Fsp3) is 0.400. The lowest BCUT2D eigenvalue weighted by atomic mass is 10.1. The van der Waals surface area contributed by atoms with Crippen LogP contribution in [0.2, 0.25) is 0 Å². The predicted molar refractivity (Wildman–Crippen MR) is 49.5 cm³/mol. The Morgan fingerprint density at radius 1 is 1.15 bits per heavy atom. The molecule has 0 atom stereocenters. The van der Waals surface area contributed by atoms with E-state index in [9.17, 15) is 4.39 Å². The second-order valence-electron chi connectivity index (χ2n) is 2.95. The average molecular weight is 183 g/mol. The van der Waals surface area contributed by atoms with Crippen LogP contribution >= 0.6 is 0 Å². The van der Waals surface area contributed by atoms with Gasteiger partial charge in [0.25, 0.3) is 0 Å². The lowest BCUT2D eigenvalue weighted by Crippen LogP contribution is -2.00. The Labute approximate surface area is 77.5 Å². The number of hydrogen-bond donors (Lipinski definition) is 1. The van der Waals surface area contributed by atoms with E-state index in [2.05, 4.69) is 4.84 Å². The molecule has 2 N–H and O–H groups in total. The van der Waals surface area contributed by atoms with Gasteiger partial charge < -0.3 is 4.84 Å². The van der Waals surface area contributed by atoms with Gasteiger partial charge in [-0.2, -0.15) is 0 Å². The number of hydrogen-bond acceptors (Lipinski definition) is 2. The van der Waals surface area contributed by atoms with Crippen LogP contribution in [0.1, 0.15) is 18.4 Å². The van der Waals surface area contributed by atoms with E-state index in [4.69, 9.17) is 5.90 Å². The summed E-state index contributed by atoms with van der Waals surface area (Å²) >= 11 is 0. The normalized spacial score (nSPS) is 10.3. The third-order valence-electron chi connectivity index (χ3n) is 1.89. The van der Waals surface area contributed by atoms with Crippen molar-refractivity contribution in [3.8, 4) is 0 Å². The summed E-state index contributed by atoms with van der Waals surface area (Å²) in [6.07, 6.45) is 2.90. The van der Waals surface area contributed by atoms with Gasteiger partial charge in [0, 0.05) is 0 Å². The van der Waals surface area contributed by atoms with Crippen molar-refractivity contribution in [2.45, 2.75) is 19.3 Å². The van der Waals surface area contributed by atoms with Crippen LogP contribution in [-0.2, 0) is 11.3 Å². The van der Waals surface area contributed by atoms with E-state index in [0.717, 1.165) is 24.8 Å². The first kappa shape index (κ1) is 10.2. The van der Waals surface area contributed by atoms with Crippen LogP contribution in [-0.4, -0.2) is 6.61 Å². The van der Waals surface area contributed by atoms with Gasteiger partial charge >= 0.3 is 0 Å². The van der Waals surface area contributed by atoms with Gasteiger partial charge in [0.05, 0.1) is 6.61 Å². The topological polar surface area (TPSA) is 35.2 Å². The Kier molecular flexibility index (Phi) is 4.43. The van der Waals surface area contributed by atoms with E-state index < -0.39 is 0 Å². The first-order valence-electron chi connectivity index (χ1n) is 4.39. The van der Waals surface area contributed by atoms with Crippen molar-refractivity contribution in [3.05, 3.63) is 35.6 Å². The minimum atomic E-state index is -0.186. The predicted octanol–water partition coefficient (Wildman–Crippen LogP) is 2.04. The summed E-state index contributed by atoms with van der Waals surface area (Å²) in [5.74, 6) is 4.69. The monoisotopic (exact) mass is 183 g/mol. The third-order valence-corrected chi connectivity index (χ3v) is 1.89. The highest BCUT2D eigenvalue weighted by Crippen LogP contribution is 2.06. The van der Waals surface area contributed by atoms with Gasteiger partial charge in [-0.1, -0.05) is 12.1 Å². The number of aryl methyl sites for hydroxylation is 1. The molecule has 72 valence electrons. The second kappa shape index (κ2) is 5.67. The lowest BCUT2D eigenvalue weighted by molar-refractivity contribution is 0.134. The van der Waals surface area contributed by atoms with Crippen molar-refractivity contribution in [3.63, 3.8) is 0 Å². The average Bonchev–Trinajstić information content (AvgIpc) is 2.15. The van der Waals surface area contributed by atoms with Gasteiger partial charge in [-0.15, -0.1) is 0 Å². The van der Waals surface area contributed by atoms with E-state index in [-0.39, 0.29) is 5.82 Å². The van der Waals surface area contributed by atoms with Crippen LogP contribution in [0.4, 0.5) is 4.39 Å². The first-order valence-corrected chi connectivity index (χ1v) is 4.39. The zero-order chi connectivity index (χ0) is 9.52. The largest absolute Gasteiger partial charge is 0.305 e. The van der Waals surface area contributed by atoms with Gasteiger partial charge in [-0.05, 0) is 37.0 Å². The Bertz CT molecular complexity index is 235. The van der Waals surface area contributed by atoms with E-state index >= 15 is 0 Å². The molecule has 2 nitrogen and oxygen atoms in total. The number of benzene rings is 1. The molecule has 0 saturated carbocycles. The molecular formula is C10H14FNO. The maximum Gasteiger partial charge on any atom is 0.123 e. The highest BCUT2D eigenvalue weighted by Gasteiger charge is 1.94. The molecule has 0 aliphatic carbocycles. The molecule has 0 spiro atoms. The van der Waals surface area contributed by atoms with E-state index in [1.54, 1.807) is 12.1 Å². The van der Waals surface area contributed by atoms with Crippen molar-refractivity contribution >= 4 is 0 Å². The van der Waals surface area contributed by atoms with Crippen molar-refractivity contribution in [2.24, 2.45) is 5.90 Å². The summed E-state index contributed by atoms with van der Waals surface area (Å²) in [5, 5.41) is 0. The molecule has 0 aromatic heterocycles. The smallest absolute Gasteiger partial charge is 0.123 e. The summed E-state index contributed by atoms with van der Waals surface area (Å²) in [5.41, 5.74) is 1.15. The fourth-order valence-corrected chi connectivity index (χ4v) is 1.17. The number of rotatable bonds is 5. The van der Waals surface area contributed by atoms with Crippen molar-refractivity contribution < 1.29 is 9.23 Å². The molecule has 0 bridgehead atoms. The van der Waals surface area contributed by atoms with Crippen LogP contribution in [0, 0.1) is 5.82 Å². The van der Waals surface area contributed by atoms with Crippen molar-refractivity contribution in [1.29, 1.82) is 0 Å². The van der Waals surface area contributed by atoms with E-state index in [1.807, 2.05) is 0 Å². The molecule has 1 aromatic rings.